The molecule has 1 aliphatic carbocycles. The number of nitrogens with one attached hydrogen (secondary N) is 1. The first kappa shape index (κ1) is 16.3. The predicted molar refractivity (Wildman–Crippen MR) is 94.5 cm³/mol. The van der Waals surface area contributed by atoms with Gasteiger partial charge in [-0.3, -0.25) is 9.59 Å². The van der Waals surface area contributed by atoms with Crippen molar-refractivity contribution in [2.24, 2.45) is 0 Å². The number of carbonyl (C=O) groups excluding carboxylic acids is 2. The fourth-order valence-electron chi connectivity index (χ4n) is 2.73. The van der Waals surface area contributed by atoms with Gasteiger partial charge in [0.15, 0.2) is 10.9 Å². The average Bonchev–Trinajstić information content (AvgIpc) is 3.13. The maximum atomic E-state index is 12.0. The fraction of sp³-hybridized carbons (Fsp3) is 0.471. The molecular formula is C17H20N2O2S2. The number of thiophene rings is 1. The molecule has 0 saturated heterocycles. The lowest BCUT2D eigenvalue weighted by Gasteiger charge is -2.01. The topological polar surface area (TPSA) is 59.1 Å². The Hall–Kier alpha value is -1.53. The summed E-state index contributed by atoms with van der Waals surface area (Å²) in [6.07, 6.45) is 7.14. The highest BCUT2D eigenvalue weighted by molar-refractivity contribution is 7.15. The summed E-state index contributed by atoms with van der Waals surface area (Å²) >= 11 is 3.06. The van der Waals surface area contributed by atoms with Crippen molar-refractivity contribution in [3.63, 3.8) is 0 Å². The molecule has 0 spiro atoms. The van der Waals surface area contributed by atoms with Crippen LogP contribution in [0.25, 0.3) is 0 Å². The van der Waals surface area contributed by atoms with Gasteiger partial charge in [0.25, 0.3) is 0 Å². The number of amides is 1. The highest BCUT2D eigenvalue weighted by atomic mass is 32.1. The molecule has 1 amide bonds. The van der Waals surface area contributed by atoms with Crippen LogP contribution in [-0.4, -0.2) is 16.7 Å². The number of thiazole rings is 1. The Balaban J connectivity index is 1.45. The number of rotatable bonds is 6. The van der Waals surface area contributed by atoms with Crippen molar-refractivity contribution in [1.29, 1.82) is 0 Å². The minimum absolute atomic E-state index is 0.0483. The standard InChI is InChI=1S/C17H20N2O2S2/c20-13(15-9-5-11-22-15)7-4-10-16(21)19-17-18-12-6-2-1-3-8-14(12)23-17/h5,9,11H,1-4,6-8,10H2,(H,18,19,21). The van der Waals surface area contributed by atoms with Crippen LogP contribution in [0.4, 0.5) is 5.13 Å². The van der Waals surface area contributed by atoms with Crippen molar-refractivity contribution in [2.45, 2.75) is 51.4 Å². The lowest BCUT2D eigenvalue weighted by atomic mass is 10.1. The molecule has 0 unspecified atom stereocenters. The first-order valence-corrected chi connectivity index (χ1v) is 9.77. The summed E-state index contributed by atoms with van der Waals surface area (Å²) in [5, 5.41) is 5.50. The predicted octanol–water partition coefficient (Wildman–Crippen LogP) is 4.47. The molecule has 6 heteroatoms. The second-order valence-electron chi connectivity index (χ2n) is 5.75. The minimum Gasteiger partial charge on any atom is -0.302 e. The molecule has 0 radical (unpaired) electrons. The normalized spacial score (nSPS) is 14.1. The minimum atomic E-state index is -0.0483. The van der Waals surface area contributed by atoms with Gasteiger partial charge in [-0.25, -0.2) is 4.98 Å². The van der Waals surface area contributed by atoms with Gasteiger partial charge in [0, 0.05) is 17.7 Å². The van der Waals surface area contributed by atoms with Crippen LogP contribution in [-0.2, 0) is 17.6 Å². The molecular weight excluding hydrogens is 328 g/mol. The van der Waals surface area contributed by atoms with E-state index in [0.29, 0.717) is 24.4 Å². The largest absolute Gasteiger partial charge is 0.302 e. The zero-order valence-corrected chi connectivity index (χ0v) is 14.6. The van der Waals surface area contributed by atoms with E-state index in [2.05, 4.69) is 10.3 Å². The second kappa shape index (κ2) is 7.84. The van der Waals surface area contributed by atoms with Gasteiger partial charge in [0.2, 0.25) is 5.91 Å². The fourth-order valence-corrected chi connectivity index (χ4v) is 4.49. The number of aryl methyl sites for hydroxylation is 2. The maximum absolute atomic E-state index is 12.0. The molecule has 4 nitrogen and oxygen atoms in total. The van der Waals surface area contributed by atoms with Gasteiger partial charge < -0.3 is 5.32 Å². The first-order valence-electron chi connectivity index (χ1n) is 8.07. The third kappa shape index (κ3) is 4.48. The lowest BCUT2D eigenvalue weighted by Crippen LogP contribution is -2.11. The van der Waals surface area contributed by atoms with Crippen LogP contribution < -0.4 is 5.32 Å². The summed E-state index contributed by atoms with van der Waals surface area (Å²) in [5.41, 5.74) is 1.16. The Labute approximate surface area is 144 Å². The molecule has 1 N–H and O–H groups in total. The van der Waals surface area contributed by atoms with E-state index in [1.165, 1.54) is 35.5 Å². The number of carbonyl (C=O) groups is 2. The van der Waals surface area contributed by atoms with Gasteiger partial charge in [-0.05, 0) is 43.6 Å². The Morgan fingerprint density at radius 3 is 2.87 bits per heavy atom. The second-order valence-corrected chi connectivity index (χ2v) is 7.78. The van der Waals surface area contributed by atoms with Crippen molar-refractivity contribution in [1.82, 2.24) is 4.98 Å². The zero-order chi connectivity index (χ0) is 16.1. The molecule has 0 saturated carbocycles. The van der Waals surface area contributed by atoms with Crippen molar-refractivity contribution in [3.05, 3.63) is 33.0 Å². The summed E-state index contributed by atoms with van der Waals surface area (Å²) in [6.45, 7) is 0. The van der Waals surface area contributed by atoms with Crippen molar-refractivity contribution in [2.75, 3.05) is 5.32 Å². The third-order valence-electron chi connectivity index (χ3n) is 3.95. The summed E-state index contributed by atoms with van der Waals surface area (Å²) < 4.78 is 0. The average molecular weight is 348 g/mol. The van der Waals surface area contributed by atoms with Gasteiger partial charge in [-0.1, -0.05) is 12.5 Å². The maximum Gasteiger partial charge on any atom is 0.226 e. The number of fused-ring (bicyclic) bond motifs is 1. The molecule has 0 bridgehead atoms. The van der Waals surface area contributed by atoms with Crippen LogP contribution in [0.15, 0.2) is 17.5 Å². The number of hydrogen-bond acceptors (Lipinski definition) is 5. The molecule has 2 heterocycles. The van der Waals surface area contributed by atoms with Gasteiger partial charge in [0.05, 0.1) is 10.6 Å². The molecule has 0 fully saturated rings. The monoisotopic (exact) mass is 348 g/mol. The molecule has 2 aromatic rings. The number of hydrogen-bond donors (Lipinski definition) is 1. The van der Waals surface area contributed by atoms with E-state index in [0.717, 1.165) is 23.4 Å². The number of nitrogens with zero attached hydrogens (tertiary/aromatic N) is 1. The molecule has 3 rings (SSSR count). The SMILES string of the molecule is O=C(CCCC(=O)c1cccs1)Nc1nc2c(s1)CCCCC2. The smallest absolute Gasteiger partial charge is 0.226 e. The van der Waals surface area contributed by atoms with E-state index in [1.54, 1.807) is 11.3 Å². The van der Waals surface area contributed by atoms with Crippen LogP contribution >= 0.6 is 22.7 Å². The highest BCUT2D eigenvalue weighted by Gasteiger charge is 2.15. The van der Waals surface area contributed by atoms with E-state index >= 15 is 0 Å². The number of ketones is 1. The summed E-state index contributed by atoms with van der Waals surface area (Å²) in [5.74, 6) is 0.0710. The lowest BCUT2D eigenvalue weighted by molar-refractivity contribution is -0.116. The van der Waals surface area contributed by atoms with Crippen molar-refractivity contribution in [3.8, 4) is 0 Å². The quantitative estimate of drug-likeness (QED) is 0.619. The van der Waals surface area contributed by atoms with E-state index in [-0.39, 0.29) is 11.7 Å². The van der Waals surface area contributed by atoms with Crippen LogP contribution in [0, 0.1) is 0 Å². The molecule has 0 aromatic carbocycles. The Morgan fingerprint density at radius 1 is 1.17 bits per heavy atom. The van der Waals surface area contributed by atoms with Crippen LogP contribution in [0.3, 0.4) is 0 Å². The van der Waals surface area contributed by atoms with E-state index in [9.17, 15) is 9.59 Å². The van der Waals surface area contributed by atoms with E-state index in [4.69, 9.17) is 0 Å². The number of Topliss-reactive ketones (excluding diaryl/α,β-unsaturated/α-hetero) is 1. The Morgan fingerprint density at radius 2 is 2.04 bits per heavy atom. The molecule has 0 aliphatic heterocycles. The Kier molecular flexibility index (Phi) is 5.56. The molecule has 23 heavy (non-hydrogen) atoms. The van der Waals surface area contributed by atoms with E-state index < -0.39 is 0 Å². The van der Waals surface area contributed by atoms with Gasteiger partial charge >= 0.3 is 0 Å². The van der Waals surface area contributed by atoms with Gasteiger partial charge in [-0.15, -0.1) is 22.7 Å². The summed E-state index contributed by atoms with van der Waals surface area (Å²) in [6, 6.07) is 3.70. The van der Waals surface area contributed by atoms with Crippen molar-refractivity contribution >= 4 is 39.5 Å². The van der Waals surface area contributed by atoms with Crippen LogP contribution in [0.2, 0.25) is 0 Å². The van der Waals surface area contributed by atoms with Crippen LogP contribution in [0.5, 0.6) is 0 Å². The summed E-state index contributed by atoms with van der Waals surface area (Å²) in [7, 11) is 0. The molecule has 2 aromatic heterocycles. The van der Waals surface area contributed by atoms with E-state index in [1.807, 2.05) is 17.5 Å². The van der Waals surface area contributed by atoms with Crippen molar-refractivity contribution < 1.29 is 9.59 Å². The van der Waals surface area contributed by atoms with Crippen LogP contribution in [0.1, 0.15) is 58.8 Å². The summed E-state index contributed by atoms with van der Waals surface area (Å²) in [4.78, 5) is 30.5. The Bertz CT molecular complexity index is 653. The zero-order valence-electron chi connectivity index (χ0n) is 13.0. The molecule has 1 aliphatic rings. The third-order valence-corrected chi connectivity index (χ3v) is 5.93. The highest BCUT2D eigenvalue weighted by Crippen LogP contribution is 2.29. The van der Waals surface area contributed by atoms with Gasteiger partial charge in [-0.2, -0.15) is 0 Å². The number of aromatic nitrogens is 1. The van der Waals surface area contributed by atoms with Gasteiger partial charge in [0.1, 0.15) is 0 Å². The molecule has 122 valence electrons. The first-order chi connectivity index (χ1) is 11.2. The molecule has 0 atom stereocenters. The number of anilines is 1.